The van der Waals surface area contributed by atoms with Crippen molar-refractivity contribution >= 4 is 5.91 Å². The van der Waals surface area contributed by atoms with Crippen molar-refractivity contribution in [3.05, 3.63) is 42.1 Å². The van der Waals surface area contributed by atoms with E-state index in [1.54, 1.807) is 6.20 Å². The van der Waals surface area contributed by atoms with Crippen molar-refractivity contribution in [1.29, 1.82) is 0 Å². The summed E-state index contributed by atoms with van der Waals surface area (Å²) in [7, 11) is 1.92. The lowest BCUT2D eigenvalue weighted by atomic mass is 10.1. The minimum absolute atomic E-state index is 0.0703. The third-order valence-electron chi connectivity index (χ3n) is 2.85. The van der Waals surface area contributed by atoms with E-state index in [0.29, 0.717) is 13.0 Å². The fourth-order valence-electron chi connectivity index (χ4n) is 1.82. The molecule has 1 amide bonds. The number of benzene rings is 1. The molecule has 0 aliphatic heterocycles. The fraction of sp³-hybridized carbons (Fsp3) is 0.286. The quantitative estimate of drug-likeness (QED) is 0.894. The first-order valence-corrected chi connectivity index (χ1v) is 6.04. The molecule has 18 heavy (non-hydrogen) atoms. The zero-order chi connectivity index (χ0) is 13.0. The van der Waals surface area contributed by atoms with Crippen molar-refractivity contribution in [1.82, 2.24) is 15.1 Å². The lowest BCUT2D eigenvalue weighted by Crippen LogP contribution is -2.21. The number of carbonyl (C=O) groups excluding carboxylic acids is 1. The maximum absolute atomic E-state index is 11.2. The summed E-state index contributed by atoms with van der Waals surface area (Å²) in [5, 5.41) is 7.03. The summed E-state index contributed by atoms with van der Waals surface area (Å²) >= 11 is 0. The first-order valence-electron chi connectivity index (χ1n) is 6.04. The van der Waals surface area contributed by atoms with Crippen molar-refractivity contribution < 1.29 is 4.79 Å². The van der Waals surface area contributed by atoms with Crippen LogP contribution in [0.4, 0.5) is 0 Å². The van der Waals surface area contributed by atoms with Crippen LogP contribution < -0.4 is 5.32 Å². The highest BCUT2D eigenvalue weighted by Crippen LogP contribution is 2.19. The summed E-state index contributed by atoms with van der Waals surface area (Å²) in [6, 6.07) is 10.1. The second-order valence-electron chi connectivity index (χ2n) is 4.17. The van der Waals surface area contributed by atoms with Crippen LogP contribution >= 0.6 is 0 Å². The molecule has 0 aliphatic carbocycles. The topological polar surface area (TPSA) is 46.9 Å². The summed E-state index contributed by atoms with van der Waals surface area (Å²) in [5.41, 5.74) is 3.27. The lowest BCUT2D eigenvalue weighted by Gasteiger charge is -2.07. The van der Waals surface area contributed by atoms with E-state index >= 15 is 0 Å². The first kappa shape index (κ1) is 12.4. The summed E-state index contributed by atoms with van der Waals surface area (Å²) in [5.74, 6) is 0.0703. The Balaban J connectivity index is 2.15. The Labute approximate surface area is 107 Å². The molecule has 2 rings (SSSR count). The van der Waals surface area contributed by atoms with Gasteiger partial charge in [0.05, 0.1) is 5.69 Å². The van der Waals surface area contributed by atoms with Crippen molar-refractivity contribution in [3.63, 3.8) is 0 Å². The van der Waals surface area contributed by atoms with Crippen LogP contribution in [0.25, 0.3) is 11.3 Å². The summed E-state index contributed by atoms with van der Waals surface area (Å²) < 4.78 is 1.84. The molecule has 0 atom stereocenters. The zero-order valence-corrected chi connectivity index (χ0v) is 10.7. The van der Waals surface area contributed by atoms with E-state index < -0.39 is 0 Å². The van der Waals surface area contributed by atoms with Crippen molar-refractivity contribution in [2.24, 2.45) is 7.05 Å². The second-order valence-corrected chi connectivity index (χ2v) is 4.17. The van der Waals surface area contributed by atoms with E-state index in [-0.39, 0.29) is 5.91 Å². The second kappa shape index (κ2) is 5.49. The van der Waals surface area contributed by atoms with E-state index in [4.69, 9.17) is 0 Å². The standard InChI is InChI=1S/C14H17N3O/c1-3-14(18)15-10-11-5-4-6-12(9-11)13-7-8-16-17(13)2/h4-9H,3,10H2,1-2H3,(H,15,18). The molecule has 0 saturated heterocycles. The van der Waals surface area contributed by atoms with Gasteiger partial charge < -0.3 is 5.32 Å². The van der Waals surface area contributed by atoms with E-state index in [2.05, 4.69) is 16.5 Å². The minimum Gasteiger partial charge on any atom is -0.352 e. The maximum atomic E-state index is 11.2. The van der Waals surface area contributed by atoms with E-state index in [1.165, 1.54) is 0 Å². The smallest absolute Gasteiger partial charge is 0.219 e. The Hall–Kier alpha value is -2.10. The van der Waals surface area contributed by atoms with E-state index in [0.717, 1.165) is 16.8 Å². The average Bonchev–Trinajstić information content (AvgIpc) is 2.82. The Morgan fingerprint density at radius 2 is 2.22 bits per heavy atom. The molecule has 0 fully saturated rings. The number of nitrogens with one attached hydrogen (secondary N) is 1. The number of hydrogen-bond donors (Lipinski definition) is 1. The average molecular weight is 243 g/mol. The summed E-state index contributed by atoms with van der Waals surface area (Å²) in [4.78, 5) is 11.2. The van der Waals surface area contributed by atoms with Gasteiger partial charge in [-0.05, 0) is 17.7 Å². The third kappa shape index (κ3) is 2.77. The largest absolute Gasteiger partial charge is 0.352 e. The summed E-state index contributed by atoms with van der Waals surface area (Å²) in [6.07, 6.45) is 2.29. The Morgan fingerprint density at radius 3 is 2.89 bits per heavy atom. The SMILES string of the molecule is CCC(=O)NCc1cccc(-c2ccnn2C)c1. The molecular weight excluding hydrogens is 226 g/mol. The van der Waals surface area contributed by atoms with Crippen molar-refractivity contribution in [3.8, 4) is 11.3 Å². The number of carbonyl (C=O) groups is 1. The van der Waals surface area contributed by atoms with Gasteiger partial charge >= 0.3 is 0 Å². The highest BCUT2D eigenvalue weighted by molar-refractivity contribution is 5.75. The molecule has 0 bridgehead atoms. The minimum atomic E-state index is 0.0703. The molecular formula is C14H17N3O. The number of nitrogens with zero attached hydrogens (tertiary/aromatic N) is 2. The highest BCUT2D eigenvalue weighted by Gasteiger charge is 2.04. The van der Waals surface area contributed by atoms with Gasteiger partial charge in [0.15, 0.2) is 0 Å². The predicted octanol–water partition coefficient (Wildman–Crippen LogP) is 2.11. The van der Waals surface area contributed by atoms with E-state index in [9.17, 15) is 4.79 Å². The van der Waals surface area contributed by atoms with Crippen molar-refractivity contribution in [2.75, 3.05) is 0 Å². The van der Waals surface area contributed by atoms with Crippen LogP contribution in [0.2, 0.25) is 0 Å². The van der Waals surface area contributed by atoms with Gasteiger partial charge in [0.25, 0.3) is 0 Å². The van der Waals surface area contributed by atoms with E-state index in [1.807, 2.05) is 42.9 Å². The van der Waals surface area contributed by atoms with Crippen LogP contribution in [-0.4, -0.2) is 15.7 Å². The van der Waals surface area contributed by atoms with Gasteiger partial charge in [-0.15, -0.1) is 0 Å². The molecule has 1 heterocycles. The van der Waals surface area contributed by atoms with Crippen molar-refractivity contribution in [2.45, 2.75) is 19.9 Å². The molecule has 1 N–H and O–H groups in total. The van der Waals surface area contributed by atoms with Gasteiger partial charge in [0.1, 0.15) is 0 Å². The molecule has 0 aliphatic rings. The van der Waals surface area contributed by atoms with Crippen LogP contribution in [-0.2, 0) is 18.4 Å². The molecule has 1 aromatic heterocycles. The number of amides is 1. The van der Waals surface area contributed by atoms with Gasteiger partial charge in [-0.2, -0.15) is 5.10 Å². The van der Waals surface area contributed by atoms with Gasteiger partial charge in [0, 0.05) is 31.8 Å². The molecule has 0 spiro atoms. The molecule has 0 radical (unpaired) electrons. The van der Waals surface area contributed by atoms with Crippen LogP contribution in [0.15, 0.2) is 36.5 Å². The monoisotopic (exact) mass is 243 g/mol. The predicted molar refractivity (Wildman–Crippen MR) is 70.8 cm³/mol. The van der Waals surface area contributed by atoms with Gasteiger partial charge in [0.2, 0.25) is 5.91 Å². The lowest BCUT2D eigenvalue weighted by molar-refractivity contribution is -0.120. The number of aromatic nitrogens is 2. The van der Waals surface area contributed by atoms with Gasteiger partial charge in [-0.3, -0.25) is 9.48 Å². The Morgan fingerprint density at radius 1 is 1.39 bits per heavy atom. The number of rotatable bonds is 4. The van der Waals surface area contributed by atoms with Crippen LogP contribution in [0.1, 0.15) is 18.9 Å². The summed E-state index contributed by atoms with van der Waals surface area (Å²) in [6.45, 7) is 2.42. The van der Waals surface area contributed by atoms with Gasteiger partial charge in [-0.25, -0.2) is 0 Å². The Kier molecular flexibility index (Phi) is 3.77. The Bertz CT molecular complexity index is 545. The molecule has 94 valence electrons. The van der Waals surface area contributed by atoms with Crippen LogP contribution in [0, 0.1) is 0 Å². The molecule has 2 aromatic rings. The molecule has 4 nitrogen and oxygen atoms in total. The molecule has 0 saturated carbocycles. The fourth-order valence-corrected chi connectivity index (χ4v) is 1.82. The first-order chi connectivity index (χ1) is 8.70. The van der Waals surface area contributed by atoms with Crippen LogP contribution in [0.5, 0.6) is 0 Å². The normalized spacial score (nSPS) is 10.3. The van der Waals surface area contributed by atoms with Crippen LogP contribution in [0.3, 0.4) is 0 Å². The number of aryl methyl sites for hydroxylation is 1. The highest BCUT2D eigenvalue weighted by atomic mass is 16.1. The zero-order valence-electron chi connectivity index (χ0n) is 10.7. The maximum Gasteiger partial charge on any atom is 0.219 e. The number of hydrogen-bond acceptors (Lipinski definition) is 2. The van der Waals surface area contributed by atoms with Gasteiger partial charge in [-0.1, -0.05) is 25.1 Å². The molecule has 4 heteroatoms. The molecule has 0 unspecified atom stereocenters. The molecule has 1 aromatic carbocycles. The third-order valence-corrected chi connectivity index (χ3v) is 2.85.